The lowest BCUT2D eigenvalue weighted by atomic mass is 10.2. The van der Waals surface area contributed by atoms with E-state index in [-0.39, 0.29) is 11.9 Å². The van der Waals surface area contributed by atoms with E-state index in [0.717, 1.165) is 23.7 Å². The maximum absolute atomic E-state index is 11.9. The van der Waals surface area contributed by atoms with Gasteiger partial charge in [0.15, 0.2) is 0 Å². The first kappa shape index (κ1) is 11.9. The zero-order chi connectivity index (χ0) is 13.2. The topological polar surface area (TPSA) is 66.9 Å². The Morgan fingerprint density at radius 2 is 2.11 bits per heavy atom. The number of hydrogen-bond acceptors (Lipinski definition) is 4. The number of nitrogens with zero attached hydrogens (tertiary/aromatic N) is 2. The molecule has 5 heteroatoms. The Hall–Kier alpha value is -2.17. The molecule has 98 valence electrons. The number of amides is 1. The van der Waals surface area contributed by atoms with Crippen molar-refractivity contribution in [1.82, 2.24) is 15.3 Å². The summed E-state index contributed by atoms with van der Waals surface area (Å²) in [4.78, 5) is 20.3. The maximum atomic E-state index is 11.9. The molecule has 1 aromatic heterocycles. The lowest BCUT2D eigenvalue weighted by Gasteiger charge is -2.15. The molecule has 2 N–H and O–H groups in total. The molecule has 0 radical (unpaired) electrons. The molecule has 0 spiro atoms. The molecule has 0 saturated heterocycles. The summed E-state index contributed by atoms with van der Waals surface area (Å²) in [6.07, 6.45) is 3.69. The zero-order valence-corrected chi connectivity index (χ0v) is 10.8. The number of nitrogens with one attached hydrogen (secondary N) is 2. The molecule has 1 aliphatic rings. The summed E-state index contributed by atoms with van der Waals surface area (Å²) < 4.78 is 0. The molecule has 19 heavy (non-hydrogen) atoms. The molecule has 0 aliphatic heterocycles. The van der Waals surface area contributed by atoms with E-state index in [1.165, 1.54) is 6.33 Å². The smallest absolute Gasteiger partial charge is 0.242 e. The van der Waals surface area contributed by atoms with Gasteiger partial charge >= 0.3 is 0 Å². The van der Waals surface area contributed by atoms with Crippen LogP contribution >= 0.6 is 0 Å². The second-order valence-corrected chi connectivity index (χ2v) is 4.89. The molecule has 5 nitrogen and oxygen atoms in total. The predicted molar refractivity (Wildman–Crippen MR) is 73.8 cm³/mol. The number of anilines is 1. The van der Waals surface area contributed by atoms with Gasteiger partial charge in [-0.1, -0.05) is 12.1 Å². The van der Waals surface area contributed by atoms with Crippen molar-refractivity contribution in [1.29, 1.82) is 0 Å². The summed E-state index contributed by atoms with van der Waals surface area (Å²) >= 11 is 0. The highest BCUT2D eigenvalue weighted by molar-refractivity contribution is 5.91. The van der Waals surface area contributed by atoms with Crippen molar-refractivity contribution in [2.75, 3.05) is 5.32 Å². The number of para-hydroxylation sites is 1. The highest BCUT2D eigenvalue weighted by Crippen LogP contribution is 2.20. The van der Waals surface area contributed by atoms with Crippen LogP contribution in [0.5, 0.6) is 0 Å². The van der Waals surface area contributed by atoms with Crippen molar-refractivity contribution in [3.63, 3.8) is 0 Å². The fourth-order valence-corrected chi connectivity index (χ4v) is 1.94. The van der Waals surface area contributed by atoms with E-state index in [0.29, 0.717) is 11.9 Å². The third-order valence-electron chi connectivity index (χ3n) is 3.21. The lowest BCUT2D eigenvalue weighted by molar-refractivity contribution is -0.121. The number of hydrogen-bond donors (Lipinski definition) is 2. The second-order valence-electron chi connectivity index (χ2n) is 4.89. The molecule has 3 rings (SSSR count). The zero-order valence-electron chi connectivity index (χ0n) is 10.8. The summed E-state index contributed by atoms with van der Waals surface area (Å²) in [5.41, 5.74) is 0.870. The summed E-state index contributed by atoms with van der Waals surface area (Å²) in [6, 6.07) is 7.81. The molecule has 0 bridgehead atoms. The van der Waals surface area contributed by atoms with Gasteiger partial charge in [-0.2, -0.15) is 0 Å². The molecule has 2 aromatic rings. The number of benzene rings is 1. The number of fused-ring (bicyclic) bond motifs is 1. The van der Waals surface area contributed by atoms with Crippen molar-refractivity contribution >= 4 is 22.6 Å². The van der Waals surface area contributed by atoms with Crippen molar-refractivity contribution in [3.05, 3.63) is 30.6 Å². The van der Waals surface area contributed by atoms with Gasteiger partial charge in [0, 0.05) is 11.4 Å². The van der Waals surface area contributed by atoms with Crippen LogP contribution < -0.4 is 10.6 Å². The van der Waals surface area contributed by atoms with E-state index in [4.69, 9.17) is 0 Å². The highest BCUT2D eigenvalue weighted by atomic mass is 16.2. The van der Waals surface area contributed by atoms with E-state index in [2.05, 4.69) is 20.6 Å². The van der Waals surface area contributed by atoms with Crippen LogP contribution in [0.4, 0.5) is 5.82 Å². The van der Waals surface area contributed by atoms with Gasteiger partial charge in [-0.25, -0.2) is 9.97 Å². The molecule has 1 atom stereocenters. The number of carbonyl (C=O) groups is 1. The molecule has 1 unspecified atom stereocenters. The van der Waals surface area contributed by atoms with Crippen LogP contribution in [0.1, 0.15) is 19.8 Å². The van der Waals surface area contributed by atoms with Gasteiger partial charge in [-0.15, -0.1) is 0 Å². The van der Waals surface area contributed by atoms with Crippen LogP contribution in [0.3, 0.4) is 0 Å². The summed E-state index contributed by atoms with van der Waals surface area (Å²) in [5, 5.41) is 7.06. The van der Waals surface area contributed by atoms with Gasteiger partial charge in [0.1, 0.15) is 18.2 Å². The second kappa shape index (κ2) is 4.84. The number of rotatable bonds is 4. The van der Waals surface area contributed by atoms with Gasteiger partial charge < -0.3 is 10.6 Å². The molecular formula is C14H16N4O. The van der Waals surface area contributed by atoms with Crippen LogP contribution in [0.25, 0.3) is 10.9 Å². The molecular weight excluding hydrogens is 240 g/mol. The first-order chi connectivity index (χ1) is 9.24. The monoisotopic (exact) mass is 256 g/mol. The van der Waals surface area contributed by atoms with E-state index >= 15 is 0 Å². The van der Waals surface area contributed by atoms with Gasteiger partial charge in [-0.3, -0.25) is 4.79 Å². The van der Waals surface area contributed by atoms with Crippen LogP contribution in [0.2, 0.25) is 0 Å². The fourth-order valence-electron chi connectivity index (χ4n) is 1.94. The summed E-state index contributed by atoms with van der Waals surface area (Å²) in [6.45, 7) is 1.84. The summed E-state index contributed by atoms with van der Waals surface area (Å²) in [7, 11) is 0. The lowest BCUT2D eigenvalue weighted by Crippen LogP contribution is -2.38. The Labute approximate surface area is 111 Å². The minimum absolute atomic E-state index is 0.0187. The van der Waals surface area contributed by atoms with Gasteiger partial charge in [-0.05, 0) is 31.9 Å². The van der Waals surface area contributed by atoms with Gasteiger partial charge in [0.25, 0.3) is 0 Å². The van der Waals surface area contributed by atoms with Crippen molar-refractivity contribution in [2.45, 2.75) is 31.8 Å². The van der Waals surface area contributed by atoms with Crippen LogP contribution in [0, 0.1) is 0 Å². The molecule has 1 aliphatic carbocycles. The first-order valence-corrected chi connectivity index (χ1v) is 6.50. The van der Waals surface area contributed by atoms with Crippen molar-refractivity contribution in [3.8, 4) is 0 Å². The first-order valence-electron chi connectivity index (χ1n) is 6.50. The van der Waals surface area contributed by atoms with E-state index < -0.39 is 0 Å². The predicted octanol–water partition coefficient (Wildman–Crippen LogP) is 1.71. The SMILES string of the molecule is CC(Nc1ncnc2ccccc12)C(=O)NC1CC1. The Morgan fingerprint density at radius 3 is 2.89 bits per heavy atom. The third kappa shape index (κ3) is 2.65. The maximum Gasteiger partial charge on any atom is 0.242 e. The van der Waals surface area contributed by atoms with Crippen molar-refractivity contribution < 1.29 is 4.79 Å². The van der Waals surface area contributed by atoms with E-state index in [9.17, 15) is 4.79 Å². The largest absolute Gasteiger partial charge is 0.358 e. The van der Waals surface area contributed by atoms with E-state index in [1.54, 1.807) is 0 Å². The molecule has 1 amide bonds. The average Bonchev–Trinajstić information content (AvgIpc) is 3.23. The minimum atomic E-state index is -0.307. The molecule has 1 aromatic carbocycles. The number of carbonyl (C=O) groups excluding carboxylic acids is 1. The third-order valence-corrected chi connectivity index (χ3v) is 3.21. The average molecular weight is 256 g/mol. The van der Waals surface area contributed by atoms with Gasteiger partial charge in [0.2, 0.25) is 5.91 Å². The molecule has 1 fully saturated rings. The van der Waals surface area contributed by atoms with Crippen LogP contribution in [-0.4, -0.2) is 28.0 Å². The Kier molecular flexibility index (Phi) is 3.03. The minimum Gasteiger partial charge on any atom is -0.358 e. The standard InChI is InChI=1S/C14H16N4O/c1-9(14(19)18-10-6-7-10)17-13-11-4-2-3-5-12(11)15-8-16-13/h2-5,8-10H,6-7H2,1H3,(H,18,19)(H,15,16,17). The Balaban J connectivity index is 1.78. The van der Waals surface area contributed by atoms with Gasteiger partial charge in [0.05, 0.1) is 5.52 Å². The Morgan fingerprint density at radius 1 is 1.32 bits per heavy atom. The molecule has 1 heterocycles. The van der Waals surface area contributed by atoms with E-state index in [1.807, 2.05) is 31.2 Å². The van der Waals surface area contributed by atoms with Crippen molar-refractivity contribution in [2.24, 2.45) is 0 Å². The Bertz CT molecular complexity index is 604. The highest BCUT2D eigenvalue weighted by Gasteiger charge is 2.25. The molecule has 1 saturated carbocycles. The normalized spacial score (nSPS) is 16.1. The quantitative estimate of drug-likeness (QED) is 0.874. The summed E-state index contributed by atoms with van der Waals surface area (Å²) in [5.74, 6) is 0.717. The fraction of sp³-hybridized carbons (Fsp3) is 0.357. The van der Waals surface area contributed by atoms with Crippen LogP contribution in [-0.2, 0) is 4.79 Å². The van der Waals surface area contributed by atoms with Crippen LogP contribution in [0.15, 0.2) is 30.6 Å². The number of aromatic nitrogens is 2.